The molecule has 2 aromatic carbocycles. The monoisotopic (exact) mass is 404 g/mol. The fourth-order valence-electron chi connectivity index (χ4n) is 3.93. The van der Waals surface area contributed by atoms with E-state index in [2.05, 4.69) is 22.2 Å². The second-order valence-corrected chi connectivity index (χ2v) is 8.27. The van der Waals surface area contributed by atoms with E-state index >= 15 is 0 Å². The van der Waals surface area contributed by atoms with E-state index in [1.54, 1.807) is 0 Å². The van der Waals surface area contributed by atoms with Gasteiger partial charge in [-0.15, -0.1) is 0 Å². The number of hydrogen-bond acceptors (Lipinski definition) is 3. The normalized spacial score (nSPS) is 14.8. The van der Waals surface area contributed by atoms with Crippen LogP contribution in [0.2, 0.25) is 0 Å². The zero-order valence-electron chi connectivity index (χ0n) is 17.6. The number of aryl methyl sites for hydroxylation is 2. The van der Waals surface area contributed by atoms with Crippen molar-refractivity contribution in [1.29, 1.82) is 0 Å². The summed E-state index contributed by atoms with van der Waals surface area (Å²) in [7, 11) is 0. The topological polar surface area (TPSA) is 78.1 Å². The van der Waals surface area contributed by atoms with Crippen LogP contribution in [0.15, 0.2) is 42.5 Å². The van der Waals surface area contributed by atoms with Gasteiger partial charge in [-0.25, -0.2) is 4.98 Å². The van der Waals surface area contributed by atoms with E-state index in [-0.39, 0.29) is 11.8 Å². The largest absolute Gasteiger partial charge is 0.342 e. The molecule has 6 heteroatoms. The SMILES string of the molecule is CC(=O)Nc1ccc(CCc2nc3ccc(C(=O)N4CCC(C)CC4)cc3[nH]2)cc1. The van der Waals surface area contributed by atoms with Gasteiger partial charge in [0, 0.05) is 37.7 Å². The number of aromatic nitrogens is 2. The number of nitrogens with zero attached hydrogens (tertiary/aromatic N) is 2. The number of imidazole rings is 1. The molecule has 0 spiro atoms. The van der Waals surface area contributed by atoms with Gasteiger partial charge in [-0.2, -0.15) is 0 Å². The lowest BCUT2D eigenvalue weighted by Crippen LogP contribution is -2.37. The van der Waals surface area contributed by atoms with E-state index in [0.29, 0.717) is 5.92 Å². The van der Waals surface area contributed by atoms with Crippen molar-refractivity contribution in [2.45, 2.75) is 39.5 Å². The molecule has 0 atom stereocenters. The Hall–Kier alpha value is -3.15. The first-order valence-corrected chi connectivity index (χ1v) is 10.6. The number of rotatable bonds is 5. The first kappa shape index (κ1) is 20.1. The smallest absolute Gasteiger partial charge is 0.253 e. The van der Waals surface area contributed by atoms with E-state index < -0.39 is 0 Å². The summed E-state index contributed by atoms with van der Waals surface area (Å²) in [5.41, 5.74) is 4.49. The van der Waals surface area contributed by atoms with Gasteiger partial charge in [0.1, 0.15) is 5.82 Å². The molecule has 156 valence electrons. The molecule has 30 heavy (non-hydrogen) atoms. The van der Waals surface area contributed by atoms with Crippen molar-refractivity contribution < 1.29 is 9.59 Å². The molecule has 1 aromatic heterocycles. The highest BCUT2D eigenvalue weighted by Gasteiger charge is 2.21. The number of likely N-dealkylation sites (tertiary alicyclic amines) is 1. The number of nitrogens with one attached hydrogen (secondary N) is 2. The number of carbonyl (C=O) groups excluding carboxylic acids is 2. The molecule has 1 fully saturated rings. The van der Waals surface area contributed by atoms with Crippen LogP contribution in [0, 0.1) is 5.92 Å². The third-order valence-corrected chi connectivity index (χ3v) is 5.77. The quantitative estimate of drug-likeness (QED) is 0.670. The summed E-state index contributed by atoms with van der Waals surface area (Å²) in [4.78, 5) is 33.9. The Labute approximate surface area is 176 Å². The van der Waals surface area contributed by atoms with Crippen LogP contribution >= 0.6 is 0 Å². The second-order valence-electron chi connectivity index (χ2n) is 8.27. The average molecular weight is 405 g/mol. The Morgan fingerprint density at radius 2 is 1.83 bits per heavy atom. The Bertz CT molecular complexity index is 1050. The van der Waals surface area contributed by atoms with Crippen LogP contribution in [-0.2, 0) is 17.6 Å². The number of carbonyl (C=O) groups is 2. The first-order chi connectivity index (χ1) is 14.5. The van der Waals surface area contributed by atoms with E-state index in [4.69, 9.17) is 0 Å². The van der Waals surface area contributed by atoms with Crippen molar-refractivity contribution >= 4 is 28.5 Å². The third kappa shape index (κ3) is 4.70. The molecule has 2 N–H and O–H groups in total. The number of hydrogen-bond donors (Lipinski definition) is 2. The van der Waals surface area contributed by atoms with Gasteiger partial charge in [0.15, 0.2) is 0 Å². The van der Waals surface area contributed by atoms with E-state index in [0.717, 1.165) is 66.9 Å². The molecule has 0 saturated carbocycles. The lowest BCUT2D eigenvalue weighted by molar-refractivity contribution is -0.114. The molecule has 1 aliphatic rings. The lowest BCUT2D eigenvalue weighted by atomic mass is 9.98. The standard InChI is InChI=1S/C24H28N4O2/c1-16-11-13-28(14-12-16)24(30)19-6-9-21-22(15-19)27-23(26-21)10-5-18-3-7-20(8-4-18)25-17(2)29/h3-4,6-9,15-16H,5,10-14H2,1-2H3,(H,25,29)(H,26,27). The highest BCUT2D eigenvalue weighted by atomic mass is 16.2. The molecule has 6 nitrogen and oxygen atoms in total. The zero-order chi connectivity index (χ0) is 21.1. The first-order valence-electron chi connectivity index (χ1n) is 10.6. The Balaban J connectivity index is 1.41. The van der Waals surface area contributed by atoms with E-state index in [1.165, 1.54) is 12.5 Å². The minimum absolute atomic E-state index is 0.0716. The number of benzene rings is 2. The number of anilines is 1. The Morgan fingerprint density at radius 3 is 2.53 bits per heavy atom. The molecule has 0 aliphatic carbocycles. The van der Waals surface area contributed by atoms with Crippen LogP contribution in [0.25, 0.3) is 11.0 Å². The van der Waals surface area contributed by atoms with Crippen LogP contribution in [0.1, 0.15) is 48.4 Å². The summed E-state index contributed by atoms with van der Waals surface area (Å²) in [5, 5.41) is 2.78. The highest BCUT2D eigenvalue weighted by molar-refractivity contribution is 5.97. The predicted octanol–water partition coefficient (Wildman–Crippen LogP) is 4.18. The fraction of sp³-hybridized carbons (Fsp3) is 0.375. The minimum atomic E-state index is -0.0716. The summed E-state index contributed by atoms with van der Waals surface area (Å²) in [6.07, 6.45) is 3.78. The number of H-pyrrole nitrogens is 1. The second kappa shape index (κ2) is 8.69. The van der Waals surface area contributed by atoms with Crippen LogP contribution in [0.5, 0.6) is 0 Å². The zero-order valence-corrected chi connectivity index (χ0v) is 17.6. The molecule has 2 heterocycles. The summed E-state index contributed by atoms with van der Waals surface area (Å²) in [6.45, 7) is 5.43. The highest BCUT2D eigenvalue weighted by Crippen LogP contribution is 2.21. The van der Waals surface area contributed by atoms with Crippen molar-refractivity contribution in [3.63, 3.8) is 0 Å². The molecule has 4 rings (SSSR count). The maximum atomic E-state index is 12.8. The summed E-state index contributed by atoms with van der Waals surface area (Å²) < 4.78 is 0. The van der Waals surface area contributed by atoms with Crippen LogP contribution in [0.3, 0.4) is 0 Å². The maximum Gasteiger partial charge on any atom is 0.253 e. The molecule has 0 unspecified atom stereocenters. The van der Waals surface area contributed by atoms with Crippen molar-refractivity contribution in [2.75, 3.05) is 18.4 Å². The van der Waals surface area contributed by atoms with Crippen molar-refractivity contribution in [3.05, 3.63) is 59.4 Å². The predicted molar refractivity (Wildman–Crippen MR) is 119 cm³/mol. The summed E-state index contributed by atoms with van der Waals surface area (Å²) in [6, 6.07) is 13.6. The molecular weight excluding hydrogens is 376 g/mol. The van der Waals surface area contributed by atoms with Gasteiger partial charge < -0.3 is 15.2 Å². The van der Waals surface area contributed by atoms with E-state index in [1.807, 2.05) is 47.4 Å². The van der Waals surface area contributed by atoms with Gasteiger partial charge in [0.05, 0.1) is 11.0 Å². The van der Waals surface area contributed by atoms with Gasteiger partial charge in [0.2, 0.25) is 5.91 Å². The van der Waals surface area contributed by atoms with Gasteiger partial charge in [-0.1, -0.05) is 19.1 Å². The number of aromatic amines is 1. The number of fused-ring (bicyclic) bond motifs is 1. The molecule has 2 amide bonds. The third-order valence-electron chi connectivity index (χ3n) is 5.77. The number of amides is 2. The van der Waals surface area contributed by atoms with Crippen molar-refractivity contribution in [2.24, 2.45) is 5.92 Å². The molecule has 0 bridgehead atoms. The lowest BCUT2D eigenvalue weighted by Gasteiger charge is -2.30. The number of piperidine rings is 1. The summed E-state index contributed by atoms with van der Waals surface area (Å²) >= 11 is 0. The van der Waals surface area contributed by atoms with Gasteiger partial charge >= 0.3 is 0 Å². The molecule has 0 radical (unpaired) electrons. The fourth-order valence-corrected chi connectivity index (χ4v) is 3.93. The van der Waals surface area contributed by atoms with Crippen LogP contribution in [-0.4, -0.2) is 39.8 Å². The summed E-state index contributed by atoms with van der Waals surface area (Å²) in [5.74, 6) is 1.65. The average Bonchev–Trinajstić information content (AvgIpc) is 3.15. The Kier molecular flexibility index (Phi) is 5.84. The van der Waals surface area contributed by atoms with Crippen molar-refractivity contribution in [3.8, 4) is 0 Å². The minimum Gasteiger partial charge on any atom is -0.342 e. The Morgan fingerprint density at radius 1 is 1.10 bits per heavy atom. The molecule has 3 aromatic rings. The van der Waals surface area contributed by atoms with Gasteiger partial charge in [-0.3, -0.25) is 9.59 Å². The van der Waals surface area contributed by atoms with E-state index in [9.17, 15) is 9.59 Å². The molecule has 1 saturated heterocycles. The van der Waals surface area contributed by atoms with Gasteiger partial charge in [0.25, 0.3) is 5.91 Å². The van der Waals surface area contributed by atoms with Crippen molar-refractivity contribution in [1.82, 2.24) is 14.9 Å². The van der Waals surface area contributed by atoms with Gasteiger partial charge in [-0.05, 0) is 61.1 Å². The molecule has 1 aliphatic heterocycles. The van der Waals surface area contributed by atoms with Crippen LogP contribution in [0.4, 0.5) is 5.69 Å². The molecular formula is C24H28N4O2. The van der Waals surface area contributed by atoms with Crippen LogP contribution < -0.4 is 5.32 Å². The maximum absolute atomic E-state index is 12.8.